The Balaban J connectivity index is 1.96. The average Bonchev–Trinajstić information content (AvgIpc) is 2.41. The van der Waals surface area contributed by atoms with Crippen LogP contribution in [0.15, 0.2) is 48.6 Å². The van der Waals surface area contributed by atoms with E-state index in [1.165, 1.54) is 0 Å². The van der Waals surface area contributed by atoms with E-state index in [0.29, 0.717) is 11.6 Å². The van der Waals surface area contributed by atoms with Crippen molar-refractivity contribution in [2.24, 2.45) is 0 Å². The van der Waals surface area contributed by atoms with Gasteiger partial charge in [-0.15, -0.1) is 0 Å². The van der Waals surface area contributed by atoms with E-state index in [9.17, 15) is 4.79 Å². The highest BCUT2D eigenvalue weighted by atomic mass is 16.5. The lowest BCUT2D eigenvalue weighted by molar-refractivity contribution is -0.115. The van der Waals surface area contributed by atoms with E-state index in [0.717, 1.165) is 5.56 Å². The molecule has 3 rings (SSSR count). The quantitative estimate of drug-likeness (QED) is 0.771. The fraction of sp³-hybridized carbons (Fsp3) is 0. The molecule has 88 valence electrons. The van der Waals surface area contributed by atoms with Crippen molar-refractivity contribution in [2.75, 3.05) is 5.32 Å². The van der Waals surface area contributed by atoms with Gasteiger partial charge in [0.2, 0.25) is 0 Å². The maximum atomic E-state index is 11.8. The average molecular weight is 239 g/mol. The molecule has 2 aromatic rings. The van der Waals surface area contributed by atoms with E-state index in [4.69, 9.17) is 4.74 Å². The summed E-state index contributed by atoms with van der Waals surface area (Å²) in [6.07, 6.45) is 6.56. The van der Waals surface area contributed by atoms with Crippen molar-refractivity contribution >= 4 is 17.8 Å². The van der Waals surface area contributed by atoms with Crippen LogP contribution in [0.2, 0.25) is 0 Å². The van der Waals surface area contributed by atoms with Crippen molar-refractivity contribution in [3.05, 3.63) is 54.2 Å². The Morgan fingerprint density at radius 1 is 1.22 bits per heavy atom. The molecule has 1 N–H and O–H groups in total. The number of carbonyl (C=O) groups excluding carboxylic acids is 1. The van der Waals surface area contributed by atoms with E-state index in [1.807, 2.05) is 6.07 Å². The van der Waals surface area contributed by atoms with Gasteiger partial charge >= 0.3 is 0 Å². The van der Waals surface area contributed by atoms with Gasteiger partial charge < -0.3 is 10.1 Å². The highest BCUT2D eigenvalue weighted by Crippen LogP contribution is 2.28. The minimum Gasteiger partial charge on any atom is -0.448 e. The van der Waals surface area contributed by atoms with Crippen LogP contribution in [0, 0.1) is 0 Å². The lowest BCUT2D eigenvalue weighted by Gasteiger charge is -2.18. The van der Waals surface area contributed by atoms with Crippen LogP contribution in [0.5, 0.6) is 5.75 Å². The van der Waals surface area contributed by atoms with Crippen LogP contribution >= 0.6 is 0 Å². The molecule has 0 saturated carbocycles. The largest absolute Gasteiger partial charge is 0.448 e. The normalized spacial score (nSPS) is 15.8. The van der Waals surface area contributed by atoms with Gasteiger partial charge in [-0.25, -0.2) is 4.98 Å². The van der Waals surface area contributed by atoms with Crippen LogP contribution in [0.1, 0.15) is 5.56 Å². The Kier molecular flexibility index (Phi) is 2.49. The highest BCUT2D eigenvalue weighted by molar-refractivity contribution is 6.07. The number of pyridine rings is 2. The number of hydrogen-bond donors (Lipinski definition) is 1. The van der Waals surface area contributed by atoms with Gasteiger partial charge in [0, 0.05) is 18.6 Å². The lowest BCUT2D eigenvalue weighted by Crippen LogP contribution is -2.24. The topological polar surface area (TPSA) is 64.1 Å². The molecule has 18 heavy (non-hydrogen) atoms. The Hall–Kier alpha value is -2.69. The van der Waals surface area contributed by atoms with Crippen molar-refractivity contribution in [2.45, 2.75) is 0 Å². The van der Waals surface area contributed by atoms with Crippen LogP contribution in [0.25, 0.3) is 6.08 Å². The van der Waals surface area contributed by atoms with Gasteiger partial charge in [-0.2, -0.15) is 0 Å². The summed E-state index contributed by atoms with van der Waals surface area (Å²) in [4.78, 5) is 19.8. The van der Waals surface area contributed by atoms with Gasteiger partial charge in [-0.05, 0) is 29.8 Å². The molecule has 0 unspecified atom stereocenters. The monoisotopic (exact) mass is 239 g/mol. The molecule has 1 aliphatic heterocycles. The molecule has 0 aromatic carbocycles. The predicted octanol–water partition coefficient (Wildman–Crippen LogP) is 1.85. The summed E-state index contributed by atoms with van der Waals surface area (Å²) in [6, 6.07) is 7.13. The SMILES string of the molecule is O=C1Nc2ncccc2OC1=Cc1cccnc1. The van der Waals surface area contributed by atoms with Crippen molar-refractivity contribution in [3.63, 3.8) is 0 Å². The van der Waals surface area contributed by atoms with Crippen LogP contribution in [-0.4, -0.2) is 15.9 Å². The van der Waals surface area contributed by atoms with Gasteiger partial charge in [-0.1, -0.05) is 6.07 Å². The molecular formula is C13H9N3O2. The number of aromatic nitrogens is 2. The second-order valence-electron chi connectivity index (χ2n) is 3.70. The van der Waals surface area contributed by atoms with E-state index >= 15 is 0 Å². The third kappa shape index (κ3) is 1.93. The number of anilines is 1. The molecular weight excluding hydrogens is 230 g/mol. The molecule has 0 spiro atoms. The van der Waals surface area contributed by atoms with Gasteiger partial charge in [-0.3, -0.25) is 9.78 Å². The summed E-state index contributed by atoms with van der Waals surface area (Å²) >= 11 is 0. The number of carbonyl (C=O) groups is 1. The lowest BCUT2D eigenvalue weighted by atomic mass is 10.2. The number of amides is 1. The highest BCUT2D eigenvalue weighted by Gasteiger charge is 2.22. The molecule has 1 aliphatic rings. The summed E-state index contributed by atoms with van der Waals surface area (Å²) in [5.74, 6) is 0.881. The Labute approximate surface area is 103 Å². The number of fused-ring (bicyclic) bond motifs is 1. The fourth-order valence-electron chi connectivity index (χ4n) is 1.61. The first kappa shape index (κ1) is 10.5. The molecule has 5 nitrogen and oxygen atoms in total. The molecule has 0 fully saturated rings. The summed E-state index contributed by atoms with van der Waals surface area (Å²) in [6.45, 7) is 0. The number of ether oxygens (including phenoxy) is 1. The Morgan fingerprint density at radius 3 is 2.94 bits per heavy atom. The summed E-state index contributed by atoms with van der Waals surface area (Å²) in [7, 11) is 0. The number of nitrogens with one attached hydrogen (secondary N) is 1. The molecule has 0 radical (unpaired) electrons. The number of nitrogens with zero attached hydrogens (tertiary/aromatic N) is 2. The smallest absolute Gasteiger partial charge is 0.292 e. The summed E-state index contributed by atoms with van der Waals surface area (Å²) < 4.78 is 5.51. The molecule has 0 atom stereocenters. The maximum absolute atomic E-state index is 11.8. The molecule has 0 bridgehead atoms. The predicted molar refractivity (Wildman–Crippen MR) is 65.7 cm³/mol. The second kappa shape index (κ2) is 4.29. The maximum Gasteiger partial charge on any atom is 0.292 e. The standard InChI is InChI=1S/C13H9N3O2/c17-13-11(7-9-3-1-5-14-8-9)18-10-4-2-6-15-12(10)16-13/h1-8H,(H,15,16,17). The number of hydrogen-bond acceptors (Lipinski definition) is 4. The van der Waals surface area contributed by atoms with E-state index in [2.05, 4.69) is 15.3 Å². The molecule has 0 saturated heterocycles. The van der Waals surface area contributed by atoms with Crippen LogP contribution < -0.4 is 10.1 Å². The first-order valence-corrected chi connectivity index (χ1v) is 5.39. The molecule has 2 aromatic heterocycles. The molecule has 1 amide bonds. The van der Waals surface area contributed by atoms with E-state index < -0.39 is 0 Å². The first-order chi connectivity index (χ1) is 8.83. The van der Waals surface area contributed by atoms with Crippen molar-refractivity contribution in [1.82, 2.24) is 9.97 Å². The zero-order valence-corrected chi connectivity index (χ0v) is 9.33. The summed E-state index contributed by atoms with van der Waals surface area (Å²) in [5, 5.41) is 2.67. The third-order valence-electron chi connectivity index (χ3n) is 2.43. The van der Waals surface area contributed by atoms with Crippen LogP contribution in [-0.2, 0) is 4.79 Å². The molecule has 5 heteroatoms. The van der Waals surface area contributed by atoms with E-state index in [1.54, 1.807) is 42.9 Å². The van der Waals surface area contributed by atoms with Crippen LogP contribution in [0.4, 0.5) is 5.82 Å². The Morgan fingerprint density at radius 2 is 2.11 bits per heavy atom. The fourth-order valence-corrected chi connectivity index (χ4v) is 1.61. The zero-order chi connectivity index (χ0) is 12.4. The molecule has 0 aliphatic carbocycles. The minimum atomic E-state index is -0.315. The summed E-state index contributed by atoms with van der Waals surface area (Å²) in [5.41, 5.74) is 0.801. The van der Waals surface area contributed by atoms with Crippen molar-refractivity contribution < 1.29 is 9.53 Å². The minimum absolute atomic E-state index is 0.225. The molecule has 3 heterocycles. The van der Waals surface area contributed by atoms with Gasteiger partial charge in [0.25, 0.3) is 5.91 Å². The number of rotatable bonds is 1. The van der Waals surface area contributed by atoms with Crippen LogP contribution in [0.3, 0.4) is 0 Å². The Bertz CT molecular complexity index is 623. The van der Waals surface area contributed by atoms with Crippen molar-refractivity contribution in [1.29, 1.82) is 0 Å². The second-order valence-corrected chi connectivity index (χ2v) is 3.70. The van der Waals surface area contributed by atoms with Gasteiger partial charge in [0.15, 0.2) is 17.3 Å². The van der Waals surface area contributed by atoms with Gasteiger partial charge in [0.05, 0.1) is 0 Å². The third-order valence-corrected chi connectivity index (χ3v) is 2.43. The first-order valence-electron chi connectivity index (χ1n) is 5.39. The zero-order valence-electron chi connectivity index (χ0n) is 9.33. The van der Waals surface area contributed by atoms with E-state index in [-0.39, 0.29) is 11.7 Å². The van der Waals surface area contributed by atoms with Gasteiger partial charge in [0.1, 0.15) is 0 Å². The van der Waals surface area contributed by atoms with Crippen molar-refractivity contribution in [3.8, 4) is 5.75 Å².